The third kappa shape index (κ3) is 4.93. The molecule has 0 bridgehead atoms. The van der Waals surface area contributed by atoms with Gasteiger partial charge in [0.2, 0.25) is 11.8 Å². The molecule has 0 spiro atoms. The molecule has 2 fully saturated rings. The van der Waals surface area contributed by atoms with E-state index in [9.17, 15) is 9.59 Å². The van der Waals surface area contributed by atoms with Gasteiger partial charge in [-0.3, -0.25) is 14.6 Å². The number of pyridine rings is 1. The Kier molecular flexibility index (Phi) is 5.78. The Morgan fingerprint density at radius 3 is 2.62 bits per heavy atom. The Morgan fingerprint density at radius 1 is 1.21 bits per heavy atom. The van der Waals surface area contributed by atoms with E-state index in [1.807, 2.05) is 11.8 Å². The van der Waals surface area contributed by atoms with Gasteiger partial charge in [-0.1, -0.05) is 0 Å². The van der Waals surface area contributed by atoms with E-state index in [2.05, 4.69) is 20.3 Å². The van der Waals surface area contributed by atoms with Gasteiger partial charge in [0.25, 0.3) is 11.5 Å². The largest absolute Gasteiger partial charge is 0.474 e. The molecule has 8 heteroatoms. The Balaban J connectivity index is 1.28. The van der Waals surface area contributed by atoms with E-state index >= 15 is 0 Å². The highest BCUT2D eigenvalue weighted by Crippen LogP contribution is 2.23. The van der Waals surface area contributed by atoms with Gasteiger partial charge in [0, 0.05) is 43.2 Å². The third-order valence-corrected chi connectivity index (χ3v) is 5.58. The second kappa shape index (κ2) is 8.63. The number of H-pyrrole nitrogens is 1. The zero-order chi connectivity index (χ0) is 20.2. The molecule has 0 aromatic carbocycles. The standard InChI is InChI=1S/C21H27N5O3/c1-14-12-18(27)25-21(23-14)26-10-8-16(9-11-26)24-20(28)15-6-7-19(22-13-15)29-17-4-2-3-5-17/h6-7,12-13,16-17H,2-5,8-11H2,1H3,(H,24,28)(H,23,25,27). The van der Waals surface area contributed by atoms with Crippen LogP contribution in [-0.2, 0) is 0 Å². The Labute approximate surface area is 169 Å². The molecule has 1 aliphatic heterocycles. The summed E-state index contributed by atoms with van der Waals surface area (Å²) in [5.74, 6) is 1.06. The fourth-order valence-electron chi connectivity index (χ4n) is 3.98. The molecule has 1 saturated heterocycles. The number of hydrogen-bond acceptors (Lipinski definition) is 6. The van der Waals surface area contributed by atoms with Crippen molar-refractivity contribution in [3.8, 4) is 5.88 Å². The van der Waals surface area contributed by atoms with Crippen molar-refractivity contribution in [3.63, 3.8) is 0 Å². The average Bonchev–Trinajstić information content (AvgIpc) is 3.21. The van der Waals surface area contributed by atoms with Crippen molar-refractivity contribution in [1.82, 2.24) is 20.3 Å². The highest BCUT2D eigenvalue weighted by Gasteiger charge is 2.23. The lowest BCUT2D eigenvalue weighted by Gasteiger charge is -2.32. The maximum Gasteiger partial charge on any atom is 0.253 e. The normalized spacial score (nSPS) is 18.0. The van der Waals surface area contributed by atoms with Crippen molar-refractivity contribution in [2.45, 2.75) is 57.6 Å². The lowest BCUT2D eigenvalue weighted by molar-refractivity contribution is 0.0930. The predicted molar refractivity (Wildman–Crippen MR) is 109 cm³/mol. The minimum atomic E-state index is -0.143. The van der Waals surface area contributed by atoms with Gasteiger partial charge in [-0.15, -0.1) is 0 Å². The van der Waals surface area contributed by atoms with E-state index in [1.165, 1.54) is 18.9 Å². The molecule has 1 amide bonds. The van der Waals surface area contributed by atoms with E-state index in [0.717, 1.165) is 38.8 Å². The molecule has 2 N–H and O–H groups in total. The summed E-state index contributed by atoms with van der Waals surface area (Å²) < 4.78 is 5.85. The average molecular weight is 397 g/mol. The molecule has 8 nitrogen and oxygen atoms in total. The molecule has 154 valence electrons. The van der Waals surface area contributed by atoms with E-state index in [0.29, 0.717) is 23.1 Å². The first-order valence-electron chi connectivity index (χ1n) is 10.3. The first-order valence-corrected chi connectivity index (χ1v) is 10.3. The van der Waals surface area contributed by atoms with Crippen molar-refractivity contribution in [2.75, 3.05) is 18.0 Å². The number of amides is 1. The zero-order valence-electron chi connectivity index (χ0n) is 16.7. The number of aryl methyl sites for hydroxylation is 1. The van der Waals surface area contributed by atoms with Gasteiger partial charge < -0.3 is 15.0 Å². The topological polar surface area (TPSA) is 100 Å². The smallest absolute Gasteiger partial charge is 0.253 e. The van der Waals surface area contributed by atoms with E-state index in [1.54, 1.807) is 18.3 Å². The van der Waals surface area contributed by atoms with Gasteiger partial charge in [0.15, 0.2) is 0 Å². The number of carbonyl (C=O) groups is 1. The van der Waals surface area contributed by atoms with Crippen LogP contribution in [0.5, 0.6) is 5.88 Å². The summed E-state index contributed by atoms with van der Waals surface area (Å²) in [5.41, 5.74) is 1.10. The van der Waals surface area contributed by atoms with Crippen LogP contribution >= 0.6 is 0 Å². The van der Waals surface area contributed by atoms with Gasteiger partial charge in [0.05, 0.1) is 5.56 Å². The highest BCUT2D eigenvalue weighted by atomic mass is 16.5. The van der Waals surface area contributed by atoms with Gasteiger partial charge in [-0.05, 0) is 51.5 Å². The molecule has 4 rings (SSSR count). The lowest BCUT2D eigenvalue weighted by Crippen LogP contribution is -2.45. The van der Waals surface area contributed by atoms with Crippen molar-refractivity contribution in [1.29, 1.82) is 0 Å². The molecular formula is C21H27N5O3. The van der Waals surface area contributed by atoms with E-state index < -0.39 is 0 Å². The van der Waals surface area contributed by atoms with Crippen molar-refractivity contribution in [3.05, 3.63) is 46.0 Å². The number of aromatic nitrogens is 3. The van der Waals surface area contributed by atoms with Crippen LogP contribution < -0.4 is 20.5 Å². The number of aromatic amines is 1. The fourth-order valence-corrected chi connectivity index (χ4v) is 3.98. The summed E-state index contributed by atoms with van der Waals surface area (Å²) in [4.78, 5) is 37.7. The summed E-state index contributed by atoms with van der Waals surface area (Å²) in [6, 6.07) is 5.11. The van der Waals surface area contributed by atoms with E-state index in [4.69, 9.17) is 4.74 Å². The van der Waals surface area contributed by atoms with Crippen LogP contribution in [0.15, 0.2) is 29.2 Å². The van der Waals surface area contributed by atoms with Crippen molar-refractivity contribution in [2.24, 2.45) is 0 Å². The van der Waals surface area contributed by atoms with Crippen LogP contribution in [-0.4, -0.2) is 46.1 Å². The summed E-state index contributed by atoms with van der Waals surface area (Å²) in [5, 5.41) is 3.08. The van der Waals surface area contributed by atoms with Crippen molar-refractivity contribution < 1.29 is 9.53 Å². The molecule has 2 aromatic rings. The number of nitrogens with zero attached hydrogens (tertiary/aromatic N) is 3. The SMILES string of the molecule is Cc1cc(=O)[nH]c(N2CCC(NC(=O)c3ccc(OC4CCCC4)nc3)CC2)n1. The first-order chi connectivity index (χ1) is 14.1. The summed E-state index contributed by atoms with van der Waals surface area (Å²) >= 11 is 0. The zero-order valence-corrected chi connectivity index (χ0v) is 16.7. The summed E-state index contributed by atoms with van der Waals surface area (Å²) in [6.45, 7) is 3.26. The number of anilines is 1. The third-order valence-electron chi connectivity index (χ3n) is 5.58. The Bertz CT molecular complexity index is 897. The predicted octanol–water partition coefficient (Wildman–Crippen LogP) is 2.19. The molecule has 3 heterocycles. The molecule has 29 heavy (non-hydrogen) atoms. The van der Waals surface area contributed by atoms with Gasteiger partial charge in [-0.2, -0.15) is 0 Å². The highest BCUT2D eigenvalue weighted by molar-refractivity contribution is 5.94. The quantitative estimate of drug-likeness (QED) is 0.802. The summed E-state index contributed by atoms with van der Waals surface area (Å²) in [6.07, 6.45) is 7.99. The van der Waals surface area contributed by atoms with Crippen LogP contribution in [0, 0.1) is 6.92 Å². The molecule has 1 aliphatic carbocycles. The first kappa shape index (κ1) is 19.4. The minimum Gasteiger partial charge on any atom is -0.474 e. The number of ether oxygens (including phenoxy) is 1. The molecule has 0 unspecified atom stereocenters. The summed E-state index contributed by atoms with van der Waals surface area (Å²) in [7, 11) is 0. The monoisotopic (exact) mass is 397 g/mol. The lowest BCUT2D eigenvalue weighted by atomic mass is 10.0. The molecule has 2 aromatic heterocycles. The Hall–Kier alpha value is -2.90. The van der Waals surface area contributed by atoms with Crippen LogP contribution in [0.2, 0.25) is 0 Å². The molecular weight excluding hydrogens is 370 g/mol. The fraction of sp³-hybridized carbons (Fsp3) is 0.524. The van der Waals surface area contributed by atoms with Gasteiger partial charge in [0.1, 0.15) is 6.10 Å². The maximum atomic E-state index is 12.5. The van der Waals surface area contributed by atoms with Gasteiger partial charge >= 0.3 is 0 Å². The van der Waals surface area contributed by atoms with Crippen molar-refractivity contribution >= 4 is 11.9 Å². The van der Waals surface area contributed by atoms with E-state index in [-0.39, 0.29) is 23.6 Å². The maximum absolute atomic E-state index is 12.5. The molecule has 0 radical (unpaired) electrons. The number of rotatable bonds is 5. The van der Waals surface area contributed by atoms with Crippen LogP contribution in [0.25, 0.3) is 0 Å². The molecule has 1 saturated carbocycles. The second-order valence-corrected chi connectivity index (χ2v) is 7.85. The van der Waals surface area contributed by atoms with Gasteiger partial charge in [-0.25, -0.2) is 9.97 Å². The van der Waals surface area contributed by atoms with Crippen LogP contribution in [0.4, 0.5) is 5.95 Å². The Morgan fingerprint density at radius 2 is 1.97 bits per heavy atom. The number of nitrogens with one attached hydrogen (secondary N) is 2. The number of piperidine rings is 1. The second-order valence-electron chi connectivity index (χ2n) is 7.85. The molecule has 0 atom stereocenters. The minimum absolute atomic E-state index is 0.0877. The number of carbonyl (C=O) groups excluding carboxylic acids is 1. The van der Waals surface area contributed by atoms with Crippen LogP contribution in [0.1, 0.15) is 54.6 Å². The van der Waals surface area contributed by atoms with Crippen LogP contribution in [0.3, 0.4) is 0 Å². The number of hydrogen-bond donors (Lipinski definition) is 2. The molecule has 2 aliphatic rings.